The molecule has 2 aromatic carbocycles. The maximum absolute atomic E-state index is 13.0. The SMILES string of the molecule is CC1(C)CC2N=C(N3CCOc4ccc(-c5ccc(C(=O)N6C[C@H]7C[C@@H]6C(=O)O7)cc5)cc43)SC2C(=O)N1. The molecule has 38 heavy (non-hydrogen) atoms. The Hall–Kier alpha value is -3.53. The molecule has 5 aliphatic heterocycles. The highest BCUT2D eigenvalue weighted by Crippen LogP contribution is 2.42. The quantitative estimate of drug-likeness (QED) is 0.594. The predicted molar refractivity (Wildman–Crippen MR) is 143 cm³/mol. The van der Waals surface area contributed by atoms with E-state index in [-0.39, 0.29) is 40.7 Å². The van der Waals surface area contributed by atoms with Gasteiger partial charge in [0.15, 0.2) is 5.17 Å². The number of nitrogens with zero attached hydrogens (tertiary/aromatic N) is 3. The Morgan fingerprint density at radius 3 is 2.68 bits per heavy atom. The first-order valence-electron chi connectivity index (χ1n) is 13.0. The molecule has 5 aliphatic rings. The minimum absolute atomic E-state index is 0.0361. The van der Waals surface area contributed by atoms with E-state index in [1.807, 2.05) is 50.2 Å². The maximum Gasteiger partial charge on any atom is 0.329 e. The third-order valence-electron chi connectivity index (χ3n) is 7.89. The number of piperidine rings is 1. The lowest BCUT2D eigenvalue weighted by Gasteiger charge is -2.36. The normalized spacial score (nSPS) is 28.7. The van der Waals surface area contributed by atoms with Crippen LogP contribution in [0.1, 0.15) is 37.0 Å². The molecule has 2 bridgehead atoms. The average Bonchev–Trinajstić information content (AvgIpc) is 3.61. The van der Waals surface area contributed by atoms with Crippen molar-refractivity contribution in [3.05, 3.63) is 48.0 Å². The lowest BCUT2D eigenvalue weighted by Crippen LogP contribution is -2.56. The van der Waals surface area contributed by atoms with Crippen LogP contribution in [0.3, 0.4) is 0 Å². The van der Waals surface area contributed by atoms with E-state index in [2.05, 4.69) is 16.3 Å². The number of aliphatic imine (C=N–C) groups is 1. The summed E-state index contributed by atoms with van der Waals surface area (Å²) in [5.41, 5.74) is 3.16. The third-order valence-corrected chi connectivity index (χ3v) is 9.21. The fourth-order valence-corrected chi connectivity index (χ4v) is 7.29. The van der Waals surface area contributed by atoms with Gasteiger partial charge in [-0.3, -0.25) is 14.6 Å². The topological polar surface area (TPSA) is 101 Å². The number of carbonyl (C=O) groups excluding carboxylic acids is 3. The number of morpholine rings is 1. The summed E-state index contributed by atoms with van der Waals surface area (Å²) in [6.45, 7) is 5.73. The number of benzene rings is 2. The van der Waals surface area contributed by atoms with Crippen LogP contribution in [-0.2, 0) is 14.3 Å². The maximum atomic E-state index is 13.0. The fraction of sp³-hybridized carbons (Fsp3) is 0.429. The van der Waals surface area contributed by atoms with Crippen LogP contribution < -0.4 is 15.0 Å². The molecule has 7 rings (SSSR count). The van der Waals surface area contributed by atoms with Gasteiger partial charge in [0.1, 0.15) is 29.8 Å². The Bertz CT molecular complexity index is 1390. The van der Waals surface area contributed by atoms with E-state index in [4.69, 9.17) is 14.5 Å². The van der Waals surface area contributed by atoms with Gasteiger partial charge in [-0.25, -0.2) is 4.79 Å². The highest BCUT2D eigenvalue weighted by atomic mass is 32.2. The summed E-state index contributed by atoms with van der Waals surface area (Å²) in [6, 6.07) is 13.0. The summed E-state index contributed by atoms with van der Waals surface area (Å²) in [5, 5.41) is 3.77. The van der Waals surface area contributed by atoms with Crippen LogP contribution in [0.2, 0.25) is 0 Å². The number of esters is 1. The van der Waals surface area contributed by atoms with Crippen LogP contribution in [0.5, 0.6) is 5.75 Å². The van der Waals surface area contributed by atoms with Crippen molar-refractivity contribution < 1.29 is 23.9 Å². The van der Waals surface area contributed by atoms with Crippen molar-refractivity contribution in [1.82, 2.24) is 10.2 Å². The molecular weight excluding hydrogens is 504 g/mol. The molecule has 2 unspecified atom stereocenters. The molecule has 0 saturated carbocycles. The number of likely N-dealkylation sites (tertiary alicyclic amines) is 1. The van der Waals surface area contributed by atoms with Crippen molar-refractivity contribution in [1.29, 1.82) is 0 Å². The van der Waals surface area contributed by atoms with Crippen LogP contribution in [0.4, 0.5) is 5.69 Å². The Balaban J connectivity index is 1.13. The number of hydrogen-bond acceptors (Lipinski definition) is 8. The van der Waals surface area contributed by atoms with Crippen LogP contribution in [-0.4, -0.2) is 76.5 Å². The minimum atomic E-state index is -0.462. The van der Waals surface area contributed by atoms with E-state index in [0.29, 0.717) is 31.7 Å². The molecule has 0 aliphatic carbocycles. The first-order valence-corrected chi connectivity index (χ1v) is 13.9. The van der Waals surface area contributed by atoms with Gasteiger partial charge in [0.2, 0.25) is 5.91 Å². The highest BCUT2D eigenvalue weighted by Gasteiger charge is 2.49. The second-order valence-electron chi connectivity index (χ2n) is 11.1. The molecule has 1 N–H and O–H groups in total. The van der Waals surface area contributed by atoms with Crippen molar-refractivity contribution in [2.45, 2.75) is 55.7 Å². The van der Waals surface area contributed by atoms with Crippen molar-refractivity contribution in [2.75, 3.05) is 24.6 Å². The van der Waals surface area contributed by atoms with Crippen molar-refractivity contribution in [2.24, 2.45) is 4.99 Å². The highest BCUT2D eigenvalue weighted by molar-refractivity contribution is 8.15. The summed E-state index contributed by atoms with van der Waals surface area (Å²) < 4.78 is 11.2. The van der Waals surface area contributed by atoms with Crippen LogP contribution in [0.25, 0.3) is 11.1 Å². The Kier molecular flexibility index (Phi) is 5.27. The Morgan fingerprint density at radius 2 is 1.92 bits per heavy atom. The van der Waals surface area contributed by atoms with E-state index in [1.54, 1.807) is 4.90 Å². The number of thioether (sulfide) groups is 1. The number of amidine groups is 1. The standard InChI is InChI=1S/C28H28N4O5S/c1-28(2)13-19-23(24(33)30-28)38-27(29-19)31-9-10-36-22-8-7-17(11-20(22)31)15-3-5-16(6-4-15)25(34)32-14-18-12-21(32)26(35)37-18/h3-8,11,18-19,21,23H,9-10,12-14H2,1-2H3,(H,30,33)/t18-,19?,21-,23?/m1/s1. The summed E-state index contributed by atoms with van der Waals surface area (Å²) in [6.07, 6.45) is 1.22. The van der Waals surface area contributed by atoms with Gasteiger partial charge in [0.25, 0.3) is 5.91 Å². The Morgan fingerprint density at radius 1 is 1.13 bits per heavy atom. The minimum Gasteiger partial charge on any atom is -0.490 e. The number of fused-ring (bicyclic) bond motifs is 4. The summed E-state index contributed by atoms with van der Waals surface area (Å²) in [4.78, 5) is 46.4. The molecule has 3 fully saturated rings. The van der Waals surface area contributed by atoms with E-state index in [1.165, 1.54) is 11.8 Å². The van der Waals surface area contributed by atoms with E-state index in [9.17, 15) is 14.4 Å². The lowest BCUT2D eigenvalue weighted by atomic mass is 9.89. The van der Waals surface area contributed by atoms with Crippen molar-refractivity contribution in [3.63, 3.8) is 0 Å². The lowest BCUT2D eigenvalue weighted by molar-refractivity contribution is -0.149. The molecule has 3 saturated heterocycles. The fourth-order valence-electron chi connectivity index (χ4n) is 6.07. The molecular formula is C28H28N4O5S. The molecule has 10 heteroatoms. The first kappa shape index (κ1) is 23.6. The zero-order valence-corrected chi connectivity index (χ0v) is 22.0. The largest absolute Gasteiger partial charge is 0.490 e. The first-order chi connectivity index (χ1) is 18.3. The van der Waals surface area contributed by atoms with Gasteiger partial charge >= 0.3 is 5.97 Å². The smallest absolute Gasteiger partial charge is 0.329 e. The Labute approximate surface area is 224 Å². The zero-order chi connectivity index (χ0) is 26.2. The van der Waals surface area contributed by atoms with Gasteiger partial charge in [-0.05, 0) is 55.7 Å². The number of carbonyl (C=O) groups is 3. The summed E-state index contributed by atoms with van der Waals surface area (Å²) in [5.74, 6) is 0.382. The van der Waals surface area contributed by atoms with Gasteiger partial charge in [-0.1, -0.05) is 30.0 Å². The predicted octanol–water partition coefficient (Wildman–Crippen LogP) is 2.83. The van der Waals surface area contributed by atoms with Crippen LogP contribution >= 0.6 is 11.8 Å². The van der Waals surface area contributed by atoms with Crippen molar-refractivity contribution >= 4 is 40.4 Å². The summed E-state index contributed by atoms with van der Waals surface area (Å²) in [7, 11) is 0. The van der Waals surface area contributed by atoms with Crippen LogP contribution in [0, 0.1) is 0 Å². The molecule has 4 atom stereocenters. The molecule has 0 radical (unpaired) electrons. The second-order valence-corrected chi connectivity index (χ2v) is 12.2. The number of amides is 2. The number of hydrogen-bond donors (Lipinski definition) is 1. The third kappa shape index (κ3) is 3.84. The molecule has 196 valence electrons. The van der Waals surface area contributed by atoms with E-state index in [0.717, 1.165) is 34.2 Å². The molecule has 5 heterocycles. The average molecular weight is 533 g/mol. The van der Waals surface area contributed by atoms with E-state index >= 15 is 0 Å². The molecule has 9 nitrogen and oxygen atoms in total. The van der Waals surface area contributed by atoms with E-state index < -0.39 is 6.04 Å². The van der Waals surface area contributed by atoms with Gasteiger partial charge in [-0.2, -0.15) is 0 Å². The number of anilines is 1. The molecule has 2 aromatic rings. The molecule has 0 aromatic heterocycles. The number of ether oxygens (including phenoxy) is 2. The molecule has 0 spiro atoms. The van der Waals surface area contributed by atoms with Crippen molar-refractivity contribution in [3.8, 4) is 16.9 Å². The number of nitrogens with one attached hydrogen (secondary N) is 1. The zero-order valence-electron chi connectivity index (χ0n) is 21.2. The van der Waals surface area contributed by atoms with Gasteiger partial charge < -0.3 is 24.6 Å². The van der Waals surface area contributed by atoms with Gasteiger partial charge in [-0.15, -0.1) is 0 Å². The van der Waals surface area contributed by atoms with Gasteiger partial charge in [0.05, 0.1) is 24.8 Å². The monoisotopic (exact) mass is 532 g/mol. The van der Waals surface area contributed by atoms with Gasteiger partial charge in [0, 0.05) is 17.5 Å². The molecule has 2 amide bonds. The van der Waals surface area contributed by atoms with Crippen LogP contribution in [0.15, 0.2) is 47.5 Å². The summed E-state index contributed by atoms with van der Waals surface area (Å²) >= 11 is 1.53. The number of rotatable bonds is 2. The second kappa shape index (κ2) is 8.49.